The number of para-hydroxylation sites is 1. The second kappa shape index (κ2) is 8.71. The maximum absolute atomic E-state index is 12.8. The highest BCUT2D eigenvalue weighted by molar-refractivity contribution is 7.94. The zero-order valence-electron chi connectivity index (χ0n) is 16.4. The van der Waals surface area contributed by atoms with Gasteiger partial charge < -0.3 is 0 Å². The molecule has 29 heavy (non-hydrogen) atoms. The molecule has 0 atom stereocenters. The van der Waals surface area contributed by atoms with Crippen LogP contribution in [0.5, 0.6) is 0 Å². The average molecular weight is 431 g/mol. The van der Waals surface area contributed by atoms with Crippen LogP contribution < -0.4 is 10.0 Å². The molecular weight excluding hydrogens is 408 g/mol. The lowest BCUT2D eigenvalue weighted by Crippen LogP contribution is -2.15. The minimum Gasteiger partial charge on any atom is -0.296 e. The Labute approximate surface area is 174 Å². The monoisotopic (exact) mass is 430 g/mol. The lowest BCUT2D eigenvalue weighted by atomic mass is 10.0. The summed E-state index contributed by atoms with van der Waals surface area (Å²) in [6.45, 7) is 5.82. The predicted octanol–water partition coefficient (Wildman–Crippen LogP) is 4.02. The van der Waals surface area contributed by atoms with Gasteiger partial charge in [0.2, 0.25) is 5.13 Å². The van der Waals surface area contributed by atoms with Crippen LogP contribution >= 0.6 is 11.3 Å². The van der Waals surface area contributed by atoms with Crippen molar-refractivity contribution in [2.24, 2.45) is 0 Å². The molecule has 1 aromatic heterocycles. The second-order valence-electron chi connectivity index (χ2n) is 6.46. The predicted molar refractivity (Wildman–Crippen MR) is 115 cm³/mol. The van der Waals surface area contributed by atoms with Crippen LogP contribution in [0.25, 0.3) is 0 Å². The Hall–Kier alpha value is -2.78. The summed E-state index contributed by atoms with van der Waals surface area (Å²) >= 11 is 0.809. The molecule has 0 radical (unpaired) electrons. The van der Waals surface area contributed by atoms with Gasteiger partial charge in [-0.2, -0.15) is 8.42 Å². The van der Waals surface area contributed by atoms with Gasteiger partial charge in [0.1, 0.15) is 0 Å². The fraction of sp³-hybridized carbons (Fsp3) is 0.250. The van der Waals surface area contributed by atoms with E-state index in [1.165, 1.54) is 0 Å². The Kier molecular flexibility index (Phi) is 6.29. The van der Waals surface area contributed by atoms with Gasteiger partial charge in [0.05, 0.1) is 5.69 Å². The normalized spacial score (nSPS) is 11.3. The standard InChI is InChI=1S/C20H22N4O3S2/c1-4-14-9-7-10-15(5-2)17(14)24-29(26,27)20-23-22-19(28-20)21-18(25)16-11-6-8-13(3)12-16/h6-12,24H,4-5H2,1-3H3,(H,21,22,25). The van der Waals surface area contributed by atoms with E-state index < -0.39 is 10.0 Å². The van der Waals surface area contributed by atoms with Crippen molar-refractivity contribution in [1.82, 2.24) is 10.2 Å². The molecule has 0 saturated carbocycles. The summed E-state index contributed by atoms with van der Waals surface area (Å²) in [5.41, 5.74) is 3.81. The number of benzene rings is 2. The van der Waals surface area contributed by atoms with Crippen LogP contribution in [0.2, 0.25) is 0 Å². The summed E-state index contributed by atoms with van der Waals surface area (Å²) in [7, 11) is -3.92. The first-order valence-electron chi connectivity index (χ1n) is 9.19. The molecule has 2 aromatic carbocycles. The lowest BCUT2D eigenvalue weighted by Gasteiger charge is -2.14. The van der Waals surface area contributed by atoms with Gasteiger partial charge in [-0.15, -0.1) is 10.2 Å². The van der Waals surface area contributed by atoms with Crippen molar-refractivity contribution >= 4 is 38.1 Å². The fourth-order valence-electron chi connectivity index (χ4n) is 2.88. The highest BCUT2D eigenvalue weighted by Gasteiger charge is 2.23. The highest BCUT2D eigenvalue weighted by Crippen LogP contribution is 2.28. The van der Waals surface area contributed by atoms with E-state index in [0.717, 1.165) is 28.0 Å². The molecule has 0 bridgehead atoms. The van der Waals surface area contributed by atoms with Crippen molar-refractivity contribution in [2.75, 3.05) is 10.0 Å². The summed E-state index contributed by atoms with van der Waals surface area (Å²) in [5, 5.41) is 10.3. The van der Waals surface area contributed by atoms with Gasteiger partial charge in [0.15, 0.2) is 0 Å². The van der Waals surface area contributed by atoms with Crippen LogP contribution in [-0.2, 0) is 22.9 Å². The maximum Gasteiger partial charge on any atom is 0.291 e. The SMILES string of the molecule is CCc1cccc(CC)c1NS(=O)(=O)c1nnc(NC(=O)c2cccc(C)c2)s1. The topological polar surface area (TPSA) is 101 Å². The molecular formula is C20H22N4O3S2. The van der Waals surface area contributed by atoms with Crippen LogP contribution in [-0.4, -0.2) is 24.5 Å². The van der Waals surface area contributed by atoms with E-state index in [-0.39, 0.29) is 15.4 Å². The van der Waals surface area contributed by atoms with Gasteiger partial charge in [-0.05, 0) is 43.0 Å². The molecule has 0 aliphatic carbocycles. The molecule has 1 heterocycles. The van der Waals surface area contributed by atoms with Gasteiger partial charge in [-0.1, -0.05) is 61.1 Å². The quantitative estimate of drug-likeness (QED) is 0.551. The van der Waals surface area contributed by atoms with Crippen LogP contribution in [0, 0.1) is 6.92 Å². The van der Waals surface area contributed by atoms with E-state index in [2.05, 4.69) is 20.2 Å². The number of rotatable bonds is 7. The molecule has 2 N–H and O–H groups in total. The van der Waals surface area contributed by atoms with E-state index >= 15 is 0 Å². The number of aromatic nitrogens is 2. The Morgan fingerprint density at radius 2 is 1.69 bits per heavy atom. The Balaban J connectivity index is 1.82. The zero-order chi connectivity index (χ0) is 21.0. The summed E-state index contributed by atoms with van der Waals surface area (Å²) in [4.78, 5) is 12.3. The van der Waals surface area contributed by atoms with Gasteiger partial charge >= 0.3 is 0 Å². The largest absolute Gasteiger partial charge is 0.296 e. The first kappa shape index (κ1) is 20.9. The summed E-state index contributed by atoms with van der Waals surface area (Å²) in [6, 6.07) is 12.8. The van der Waals surface area contributed by atoms with Crippen LogP contribution in [0.15, 0.2) is 46.8 Å². The molecule has 0 saturated heterocycles. The molecule has 152 valence electrons. The van der Waals surface area contributed by atoms with Gasteiger partial charge in [-0.3, -0.25) is 14.8 Å². The third-order valence-corrected chi connectivity index (χ3v) is 6.93. The van der Waals surface area contributed by atoms with Gasteiger partial charge in [0.25, 0.3) is 20.3 Å². The van der Waals surface area contributed by atoms with Gasteiger partial charge in [-0.25, -0.2) is 0 Å². The van der Waals surface area contributed by atoms with E-state index in [1.54, 1.807) is 18.2 Å². The van der Waals surface area contributed by atoms with Gasteiger partial charge in [0, 0.05) is 5.56 Å². The first-order valence-corrected chi connectivity index (χ1v) is 11.5. The van der Waals surface area contributed by atoms with Crippen LogP contribution in [0.1, 0.15) is 40.9 Å². The van der Waals surface area contributed by atoms with E-state index in [9.17, 15) is 13.2 Å². The molecule has 0 fully saturated rings. The molecule has 0 aliphatic rings. The second-order valence-corrected chi connectivity index (χ2v) is 9.29. The number of anilines is 2. The van der Waals surface area contributed by atoms with E-state index in [4.69, 9.17) is 0 Å². The number of aryl methyl sites for hydroxylation is 3. The molecule has 0 spiro atoms. The number of hydrogen-bond acceptors (Lipinski definition) is 6. The number of hydrogen-bond donors (Lipinski definition) is 2. The third-order valence-electron chi connectivity index (χ3n) is 4.37. The third kappa shape index (κ3) is 4.80. The zero-order valence-corrected chi connectivity index (χ0v) is 18.0. The van der Waals surface area contributed by atoms with Crippen molar-refractivity contribution in [1.29, 1.82) is 0 Å². The van der Waals surface area contributed by atoms with Crippen LogP contribution in [0.4, 0.5) is 10.8 Å². The van der Waals surface area contributed by atoms with E-state index in [0.29, 0.717) is 24.1 Å². The van der Waals surface area contributed by atoms with E-state index in [1.807, 2.05) is 45.0 Å². The average Bonchev–Trinajstić information content (AvgIpc) is 3.17. The number of nitrogens with one attached hydrogen (secondary N) is 2. The number of carbonyl (C=O) groups excluding carboxylic acids is 1. The van der Waals surface area contributed by atoms with Crippen molar-refractivity contribution in [3.05, 3.63) is 64.7 Å². The Morgan fingerprint density at radius 3 is 2.31 bits per heavy atom. The summed E-state index contributed by atoms with van der Waals surface area (Å²) in [5.74, 6) is -0.369. The number of sulfonamides is 1. The highest BCUT2D eigenvalue weighted by atomic mass is 32.2. The Morgan fingerprint density at radius 1 is 1.03 bits per heavy atom. The Bertz CT molecular complexity index is 1120. The molecule has 7 nitrogen and oxygen atoms in total. The minimum atomic E-state index is -3.92. The number of nitrogens with zero attached hydrogens (tertiary/aromatic N) is 2. The molecule has 0 aliphatic heterocycles. The van der Waals surface area contributed by atoms with Crippen molar-refractivity contribution in [3.8, 4) is 0 Å². The summed E-state index contributed by atoms with van der Waals surface area (Å²) < 4.78 is 28.1. The number of carbonyl (C=O) groups is 1. The molecule has 3 aromatic rings. The molecule has 9 heteroatoms. The molecule has 3 rings (SSSR count). The fourth-order valence-corrected chi connectivity index (χ4v) is 4.92. The minimum absolute atomic E-state index is 0.122. The maximum atomic E-state index is 12.8. The van der Waals surface area contributed by atoms with Crippen molar-refractivity contribution < 1.29 is 13.2 Å². The molecule has 0 unspecified atom stereocenters. The van der Waals surface area contributed by atoms with Crippen molar-refractivity contribution in [3.63, 3.8) is 0 Å². The smallest absolute Gasteiger partial charge is 0.291 e. The molecule has 1 amide bonds. The van der Waals surface area contributed by atoms with Crippen LogP contribution in [0.3, 0.4) is 0 Å². The number of amides is 1. The van der Waals surface area contributed by atoms with Crippen molar-refractivity contribution in [2.45, 2.75) is 38.0 Å². The lowest BCUT2D eigenvalue weighted by molar-refractivity contribution is 0.102. The summed E-state index contributed by atoms with van der Waals surface area (Å²) in [6.07, 6.45) is 1.39. The first-order chi connectivity index (χ1) is 13.8.